The van der Waals surface area contributed by atoms with Gasteiger partial charge in [0.2, 0.25) is 0 Å². The minimum atomic E-state index is -4.34. The molecule has 1 aromatic heterocycles. The third-order valence-corrected chi connectivity index (χ3v) is 1.80. The number of rotatable bonds is 2. The van der Waals surface area contributed by atoms with Crippen molar-refractivity contribution in [1.82, 2.24) is 4.98 Å². The van der Waals surface area contributed by atoms with Gasteiger partial charge in [-0.1, -0.05) is 0 Å². The van der Waals surface area contributed by atoms with Crippen LogP contribution in [0.2, 0.25) is 0 Å². The molecule has 1 aromatic rings. The van der Waals surface area contributed by atoms with Crippen LogP contribution in [0.1, 0.15) is 10.4 Å². The maximum absolute atomic E-state index is 11.8. The summed E-state index contributed by atoms with van der Waals surface area (Å²) in [5.74, 6) is 0. The van der Waals surface area contributed by atoms with E-state index in [1.54, 1.807) is 0 Å². The van der Waals surface area contributed by atoms with E-state index >= 15 is 0 Å². The number of aldehydes is 1. The zero-order chi connectivity index (χ0) is 9.90. The van der Waals surface area contributed by atoms with Crippen molar-refractivity contribution in [2.45, 2.75) is 10.5 Å². The summed E-state index contributed by atoms with van der Waals surface area (Å²) in [5, 5.41) is -0.168. The summed E-state index contributed by atoms with van der Waals surface area (Å²) in [6.07, 6.45) is 1.62. The van der Waals surface area contributed by atoms with E-state index in [-0.39, 0.29) is 22.4 Å². The number of thioether (sulfide) groups is 1. The molecule has 2 nitrogen and oxygen atoms in total. The quantitative estimate of drug-likeness (QED) is 0.551. The molecule has 0 aliphatic rings. The van der Waals surface area contributed by atoms with Gasteiger partial charge in [0.1, 0.15) is 5.03 Å². The highest BCUT2D eigenvalue weighted by Crippen LogP contribution is 2.35. The lowest BCUT2D eigenvalue weighted by molar-refractivity contribution is -0.0329. The molecule has 1 heterocycles. The number of alkyl halides is 3. The second-order valence-electron chi connectivity index (χ2n) is 2.10. The molecule has 0 saturated heterocycles. The molecule has 0 aliphatic carbocycles. The number of hydrogen-bond donors (Lipinski definition) is 0. The van der Waals surface area contributed by atoms with Crippen LogP contribution in [-0.4, -0.2) is 16.8 Å². The summed E-state index contributed by atoms with van der Waals surface area (Å²) >= 11 is -0.307. The van der Waals surface area contributed by atoms with E-state index in [0.29, 0.717) is 6.29 Å². The number of aromatic nitrogens is 1. The highest BCUT2D eigenvalue weighted by Gasteiger charge is 2.29. The van der Waals surface area contributed by atoms with Crippen molar-refractivity contribution in [3.05, 3.63) is 23.9 Å². The lowest BCUT2D eigenvalue weighted by atomic mass is 10.3. The van der Waals surface area contributed by atoms with Gasteiger partial charge in [0, 0.05) is 23.5 Å². The van der Waals surface area contributed by atoms with Gasteiger partial charge < -0.3 is 0 Å². The monoisotopic (exact) mass is 207 g/mol. The van der Waals surface area contributed by atoms with Crippen LogP contribution in [0.25, 0.3) is 0 Å². The van der Waals surface area contributed by atoms with Gasteiger partial charge in [-0.25, -0.2) is 4.98 Å². The van der Waals surface area contributed by atoms with Gasteiger partial charge in [-0.3, -0.25) is 4.79 Å². The predicted molar refractivity (Wildman–Crippen MR) is 41.5 cm³/mol. The Balaban J connectivity index is 2.75. The molecule has 0 unspecified atom stereocenters. The van der Waals surface area contributed by atoms with E-state index in [0.717, 1.165) is 12.3 Å². The molecular weight excluding hydrogens is 203 g/mol. The average Bonchev–Trinajstić information content (AvgIpc) is 2.03. The molecule has 0 N–H and O–H groups in total. The molecular formula is C7H4F3NOS. The molecule has 0 bridgehead atoms. The minimum absolute atomic E-state index is 0.168. The second kappa shape index (κ2) is 3.78. The van der Waals surface area contributed by atoms with Gasteiger partial charge >= 0.3 is 5.51 Å². The molecule has 0 saturated carbocycles. The van der Waals surface area contributed by atoms with E-state index in [9.17, 15) is 18.0 Å². The largest absolute Gasteiger partial charge is 0.447 e. The molecule has 0 amide bonds. The van der Waals surface area contributed by atoms with E-state index in [4.69, 9.17) is 0 Å². The number of carbonyl (C=O) groups excluding carboxylic acids is 1. The summed E-state index contributed by atoms with van der Waals surface area (Å²) < 4.78 is 35.3. The van der Waals surface area contributed by atoms with Crippen LogP contribution < -0.4 is 0 Å². The van der Waals surface area contributed by atoms with Crippen molar-refractivity contribution in [2.24, 2.45) is 0 Å². The zero-order valence-electron chi connectivity index (χ0n) is 6.21. The third-order valence-electron chi connectivity index (χ3n) is 1.12. The highest BCUT2D eigenvalue weighted by molar-refractivity contribution is 8.00. The number of pyridine rings is 1. The Morgan fingerprint density at radius 2 is 2.08 bits per heavy atom. The minimum Gasteiger partial charge on any atom is -0.298 e. The normalized spacial score (nSPS) is 11.3. The van der Waals surface area contributed by atoms with E-state index in [1.165, 1.54) is 6.07 Å². The van der Waals surface area contributed by atoms with Crippen molar-refractivity contribution >= 4 is 18.0 Å². The Bertz CT molecular complexity index is 296. The number of halogens is 3. The van der Waals surface area contributed by atoms with Gasteiger partial charge in [0.05, 0.1) is 0 Å². The Morgan fingerprint density at radius 1 is 1.38 bits per heavy atom. The number of carbonyl (C=O) groups is 1. The average molecular weight is 207 g/mol. The first-order valence-corrected chi connectivity index (χ1v) is 4.00. The lowest BCUT2D eigenvalue weighted by Crippen LogP contribution is -2.00. The zero-order valence-corrected chi connectivity index (χ0v) is 7.02. The molecule has 0 radical (unpaired) electrons. The summed E-state index contributed by atoms with van der Waals surface area (Å²) in [6.45, 7) is 0. The molecule has 6 heteroatoms. The Kier molecular flexibility index (Phi) is 2.92. The van der Waals surface area contributed by atoms with Crippen LogP contribution in [0, 0.1) is 0 Å². The molecule has 0 spiro atoms. The fourth-order valence-electron chi connectivity index (χ4n) is 0.640. The molecule has 1 rings (SSSR count). The SMILES string of the molecule is O=Cc1ccc(SC(F)(F)F)nc1. The van der Waals surface area contributed by atoms with Crippen LogP contribution in [-0.2, 0) is 0 Å². The Morgan fingerprint density at radius 3 is 2.46 bits per heavy atom. The standard InChI is InChI=1S/C7H4F3NOS/c8-7(9,10)13-6-2-1-5(4-12)3-11-6/h1-4H. The molecule has 13 heavy (non-hydrogen) atoms. The molecule has 0 aliphatic heterocycles. The number of hydrogen-bond acceptors (Lipinski definition) is 3. The van der Waals surface area contributed by atoms with Crippen molar-refractivity contribution in [3.8, 4) is 0 Å². The van der Waals surface area contributed by atoms with E-state index in [2.05, 4.69) is 4.98 Å². The third kappa shape index (κ3) is 3.45. The predicted octanol–water partition coefficient (Wildman–Crippen LogP) is 2.51. The summed E-state index contributed by atoms with van der Waals surface area (Å²) in [7, 11) is 0. The van der Waals surface area contributed by atoms with Crippen LogP contribution in [0.3, 0.4) is 0 Å². The highest BCUT2D eigenvalue weighted by atomic mass is 32.2. The van der Waals surface area contributed by atoms with Gasteiger partial charge in [0.25, 0.3) is 0 Å². The van der Waals surface area contributed by atoms with E-state index in [1.807, 2.05) is 0 Å². The van der Waals surface area contributed by atoms with Crippen molar-refractivity contribution in [2.75, 3.05) is 0 Å². The first-order chi connectivity index (χ1) is 6.01. The summed E-state index contributed by atoms with van der Waals surface area (Å²) in [4.78, 5) is 13.6. The molecule has 0 fully saturated rings. The fraction of sp³-hybridized carbons (Fsp3) is 0.143. The van der Waals surface area contributed by atoms with Gasteiger partial charge in [-0.2, -0.15) is 13.2 Å². The second-order valence-corrected chi connectivity index (χ2v) is 3.18. The summed E-state index contributed by atoms with van der Waals surface area (Å²) in [6, 6.07) is 2.44. The van der Waals surface area contributed by atoms with E-state index < -0.39 is 5.51 Å². The van der Waals surface area contributed by atoms with Gasteiger partial charge in [0.15, 0.2) is 6.29 Å². The molecule has 70 valence electrons. The topological polar surface area (TPSA) is 30.0 Å². The van der Waals surface area contributed by atoms with Crippen molar-refractivity contribution in [3.63, 3.8) is 0 Å². The molecule has 0 atom stereocenters. The lowest BCUT2D eigenvalue weighted by Gasteiger charge is -2.03. The first kappa shape index (κ1) is 10.0. The summed E-state index contributed by atoms with van der Waals surface area (Å²) in [5.41, 5.74) is -4.08. The van der Waals surface area contributed by atoms with Crippen LogP contribution in [0.4, 0.5) is 13.2 Å². The van der Waals surface area contributed by atoms with Crippen LogP contribution in [0.15, 0.2) is 23.4 Å². The maximum Gasteiger partial charge on any atom is 0.447 e. The Hall–Kier alpha value is -1.04. The maximum atomic E-state index is 11.8. The first-order valence-electron chi connectivity index (χ1n) is 3.18. The number of nitrogens with zero attached hydrogens (tertiary/aromatic N) is 1. The van der Waals surface area contributed by atoms with Crippen molar-refractivity contribution < 1.29 is 18.0 Å². The molecule has 0 aromatic carbocycles. The van der Waals surface area contributed by atoms with Gasteiger partial charge in [-0.05, 0) is 12.1 Å². The Labute approximate surface area is 76.2 Å². The van der Waals surface area contributed by atoms with Crippen LogP contribution >= 0.6 is 11.8 Å². The smallest absolute Gasteiger partial charge is 0.298 e. The van der Waals surface area contributed by atoms with Crippen molar-refractivity contribution in [1.29, 1.82) is 0 Å². The van der Waals surface area contributed by atoms with Gasteiger partial charge in [-0.15, -0.1) is 0 Å². The van der Waals surface area contributed by atoms with Crippen LogP contribution in [0.5, 0.6) is 0 Å². The fourth-order valence-corrected chi connectivity index (χ4v) is 1.12.